The molecule has 0 saturated heterocycles. The summed E-state index contributed by atoms with van der Waals surface area (Å²) >= 11 is 0. The summed E-state index contributed by atoms with van der Waals surface area (Å²) in [5, 5.41) is 15.6. The first kappa shape index (κ1) is 10.2. The SMILES string of the molecule is CC(=O)Nc1cc(-c2nn[nH]n2)ccc1F. The zero-order chi connectivity index (χ0) is 11.5. The lowest BCUT2D eigenvalue weighted by Gasteiger charge is -2.04. The number of nitrogens with one attached hydrogen (secondary N) is 2. The smallest absolute Gasteiger partial charge is 0.221 e. The molecule has 2 N–H and O–H groups in total. The van der Waals surface area contributed by atoms with Gasteiger partial charge in [-0.25, -0.2) is 4.39 Å². The molecule has 16 heavy (non-hydrogen) atoms. The standard InChI is InChI=1S/C9H8FN5O/c1-5(16)11-8-4-6(2-3-7(8)10)9-12-14-15-13-9/h2-4H,1H3,(H,11,16)(H,12,13,14,15). The van der Waals surface area contributed by atoms with Crippen molar-refractivity contribution < 1.29 is 9.18 Å². The second kappa shape index (κ2) is 4.05. The number of hydrogen-bond acceptors (Lipinski definition) is 4. The van der Waals surface area contributed by atoms with Gasteiger partial charge in [0.2, 0.25) is 11.7 Å². The summed E-state index contributed by atoms with van der Waals surface area (Å²) < 4.78 is 13.3. The molecule has 0 spiro atoms. The second-order valence-corrected chi connectivity index (χ2v) is 3.11. The van der Waals surface area contributed by atoms with Crippen LogP contribution in [-0.2, 0) is 4.79 Å². The van der Waals surface area contributed by atoms with Crippen LogP contribution in [0.15, 0.2) is 18.2 Å². The molecule has 6 nitrogen and oxygen atoms in total. The van der Waals surface area contributed by atoms with E-state index in [1.165, 1.54) is 25.1 Å². The number of anilines is 1. The number of aromatic nitrogens is 4. The molecule has 0 aliphatic carbocycles. The molecule has 0 aliphatic heterocycles. The van der Waals surface area contributed by atoms with Gasteiger partial charge in [-0.3, -0.25) is 4.79 Å². The normalized spacial score (nSPS) is 10.1. The molecular formula is C9H8FN5O. The fraction of sp³-hybridized carbons (Fsp3) is 0.111. The Bertz CT molecular complexity index is 511. The highest BCUT2D eigenvalue weighted by Gasteiger charge is 2.08. The zero-order valence-electron chi connectivity index (χ0n) is 8.36. The minimum Gasteiger partial charge on any atom is -0.324 e. The first-order valence-electron chi connectivity index (χ1n) is 4.48. The van der Waals surface area contributed by atoms with Gasteiger partial charge in [-0.05, 0) is 23.4 Å². The lowest BCUT2D eigenvalue weighted by atomic mass is 10.2. The molecule has 2 rings (SSSR count). The van der Waals surface area contributed by atoms with E-state index in [0.717, 1.165) is 0 Å². The van der Waals surface area contributed by atoms with Crippen LogP contribution < -0.4 is 5.32 Å². The number of H-pyrrole nitrogens is 1. The Labute approximate surface area is 89.9 Å². The zero-order valence-corrected chi connectivity index (χ0v) is 8.36. The predicted octanol–water partition coefficient (Wildman–Crippen LogP) is 0.964. The fourth-order valence-corrected chi connectivity index (χ4v) is 1.23. The van der Waals surface area contributed by atoms with Gasteiger partial charge >= 0.3 is 0 Å². The molecule has 82 valence electrons. The number of nitrogens with zero attached hydrogens (tertiary/aromatic N) is 3. The van der Waals surface area contributed by atoms with Crippen molar-refractivity contribution >= 4 is 11.6 Å². The van der Waals surface area contributed by atoms with E-state index in [1.54, 1.807) is 0 Å². The van der Waals surface area contributed by atoms with Crippen molar-refractivity contribution in [3.63, 3.8) is 0 Å². The molecule has 0 fully saturated rings. The number of amides is 1. The third kappa shape index (κ3) is 2.02. The largest absolute Gasteiger partial charge is 0.324 e. The number of carbonyl (C=O) groups excluding carboxylic acids is 1. The predicted molar refractivity (Wildman–Crippen MR) is 53.9 cm³/mol. The Morgan fingerprint density at radius 1 is 1.50 bits per heavy atom. The summed E-state index contributed by atoms with van der Waals surface area (Å²) in [6.07, 6.45) is 0. The Balaban J connectivity index is 2.39. The van der Waals surface area contributed by atoms with E-state index >= 15 is 0 Å². The summed E-state index contributed by atoms with van der Waals surface area (Å²) in [6, 6.07) is 4.18. The van der Waals surface area contributed by atoms with Crippen LogP contribution in [0.4, 0.5) is 10.1 Å². The van der Waals surface area contributed by atoms with Crippen molar-refractivity contribution in [2.45, 2.75) is 6.92 Å². The minimum atomic E-state index is -0.512. The van der Waals surface area contributed by atoms with Crippen molar-refractivity contribution in [2.75, 3.05) is 5.32 Å². The molecule has 1 heterocycles. The van der Waals surface area contributed by atoms with Crippen LogP contribution in [0, 0.1) is 5.82 Å². The molecule has 1 aromatic carbocycles. The summed E-state index contributed by atoms with van der Waals surface area (Å²) in [5.41, 5.74) is 0.661. The summed E-state index contributed by atoms with van der Waals surface area (Å²) in [7, 11) is 0. The van der Waals surface area contributed by atoms with Gasteiger partial charge in [0, 0.05) is 12.5 Å². The number of rotatable bonds is 2. The van der Waals surface area contributed by atoms with E-state index in [-0.39, 0.29) is 11.6 Å². The third-order valence-corrected chi connectivity index (χ3v) is 1.88. The molecule has 7 heteroatoms. The number of halogens is 1. The fourth-order valence-electron chi connectivity index (χ4n) is 1.23. The number of hydrogen-bond donors (Lipinski definition) is 2. The van der Waals surface area contributed by atoms with Crippen molar-refractivity contribution in [2.24, 2.45) is 0 Å². The molecule has 2 aromatic rings. The number of tetrazole rings is 1. The van der Waals surface area contributed by atoms with Crippen LogP contribution in [0.3, 0.4) is 0 Å². The average molecular weight is 221 g/mol. The van der Waals surface area contributed by atoms with Gasteiger partial charge in [0.1, 0.15) is 5.82 Å². The van der Waals surface area contributed by atoms with Crippen LogP contribution in [0.1, 0.15) is 6.92 Å². The van der Waals surface area contributed by atoms with Gasteiger partial charge in [0.25, 0.3) is 0 Å². The lowest BCUT2D eigenvalue weighted by molar-refractivity contribution is -0.114. The molecule has 0 radical (unpaired) electrons. The highest BCUT2D eigenvalue weighted by Crippen LogP contribution is 2.21. The Hall–Kier alpha value is -2.31. The first-order chi connectivity index (χ1) is 7.66. The maximum absolute atomic E-state index is 13.3. The minimum absolute atomic E-state index is 0.0924. The van der Waals surface area contributed by atoms with Crippen molar-refractivity contribution in [1.29, 1.82) is 0 Å². The molecule has 0 atom stereocenters. The summed E-state index contributed by atoms with van der Waals surface area (Å²) in [4.78, 5) is 10.8. The van der Waals surface area contributed by atoms with Gasteiger partial charge in [-0.1, -0.05) is 0 Å². The van der Waals surface area contributed by atoms with E-state index < -0.39 is 5.82 Å². The van der Waals surface area contributed by atoms with E-state index in [9.17, 15) is 9.18 Å². The topological polar surface area (TPSA) is 83.6 Å². The van der Waals surface area contributed by atoms with Crippen molar-refractivity contribution in [1.82, 2.24) is 20.6 Å². The van der Waals surface area contributed by atoms with Crippen molar-refractivity contribution in [3.05, 3.63) is 24.0 Å². The van der Waals surface area contributed by atoms with Gasteiger partial charge in [0.15, 0.2) is 0 Å². The van der Waals surface area contributed by atoms with E-state index in [0.29, 0.717) is 11.4 Å². The van der Waals surface area contributed by atoms with Crippen LogP contribution in [0.25, 0.3) is 11.4 Å². The van der Waals surface area contributed by atoms with E-state index in [1.807, 2.05) is 0 Å². The monoisotopic (exact) mass is 221 g/mol. The third-order valence-electron chi connectivity index (χ3n) is 1.88. The number of aromatic amines is 1. The van der Waals surface area contributed by atoms with Crippen LogP contribution in [-0.4, -0.2) is 26.5 Å². The average Bonchev–Trinajstić information content (AvgIpc) is 2.73. The van der Waals surface area contributed by atoms with Crippen LogP contribution >= 0.6 is 0 Å². The lowest BCUT2D eigenvalue weighted by Crippen LogP contribution is -2.07. The summed E-state index contributed by atoms with van der Waals surface area (Å²) in [6.45, 7) is 1.31. The number of benzene rings is 1. The quantitative estimate of drug-likeness (QED) is 0.791. The maximum Gasteiger partial charge on any atom is 0.221 e. The molecule has 0 aliphatic rings. The molecule has 0 saturated carbocycles. The molecule has 1 aromatic heterocycles. The van der Waals surface area contributed by atoms with Gasteiger partial charge in [-0.15, -0.1) is 10.2 Å². The van der Waals surface area contributed by atoms with Crippen LogP contribution in [0.5, 0.6) is 0 Å². The Morgan fingerprint density at radius 2 is 2.31 bits per heavy atom. The van der Waals surface area contributed by atoms with Gasteiger partial charge < -0.3 is 5.32 Å². The Kier molecular flexibility index (Phi) is 2.59. The Morgan fingerprint density at radius 3 is 2.94 bits per heavy atom. The van der Waals surface area contributed by atoms with Crippen molar-refractivity contribution in [3.8, 4) is 11.4 Å². The first-order valence-corrected chi connectivity index (χ1v) is 4.48. The number of carbonyl (C=O) groups is 1. The van der Waals surface area contributed by atoms with E-state index in [4.69, 9.17) is 0 Å². The second-order valence-electron chi connectivity index (χ2n) is 3.11. The summed E-state index contributed by atoms with van der Waals surface area (Å²) in [5.74, 6) is -0.516. The molecular weight excluding hydrogens is 213 g/mol. The van der Waals surface area contributed by atoms with E-state index in [2.05, 4.69) is 25.9 Å². The molecule has 0 unspecified atom stereocenters. The maximum atomic E-state index is 13.3. The molecule has 0 bridgehead atoms. The molecule has 1 amide bonds. The van der Waals surface area contributed by atoms with Gasteiger partial charge in [0.05, 0.1) is 5.69 Å². The van der Waals surface area contributed by atoms with Gasteiger partial charge in [-0.2, -0.15) is 5.21 Å². The van der Waals surface area contributed by atoms with Crippen LogP contribution in [0.2, 0.25) is 0 Å². The highest BCUT2D eigenvalue weighted by atomic mass is 19.1. The highest BCUT2D eigenvalue weighted by molar-refractivity contribution is 5.89.